The van der Waals surface area contributed by atoms with Gasteiger partial charge in [0, 0.05) is 24.1 Å². The van der Waals surface area contributed by atoms with Crippen LogP contribution < -0.4 is 4.74 Å². The van der Waals surface area contributed by atoms with Gasteiger partial charge in [-0.2, -0.15) is 0 Å². The molecule has 1 fully saturated rings. The Labute approximate surface area is 187 Å². The third-order valence-electron chi connectivity index (χ3n) is 6.77. The Bertz CT molecular complexity index is 956. The van der Waals surface area contributed by atoms with Crippen LogP contribution in [0.1, 0.15) is 64.7 Å². The summed E-state index contributed by atoms with van der Waals surface area (Å²) < 4.78 is 13.1. The average molecular weight is 418 g/mol. The molecule has 4 rings (SSSR count). The van der Waals surface area contributed by atoms with Crippen LogP contribution >= 0.6 is 0 Å². The zero-order valence-corrected chi connectivity index (χ0v) is 19.5. The maximum Gasteiger partial charge on any atom is 0.126 e. The Hall–Kier alpha value is -2.28. The first-order valence-electron chi connectivity index (χ1n) is 11.5. The van der Waals surface area contributed by atoms with Gasteiger partial charge in [0.2, 0.25) is 0 Å². The van der Waals surface area contributed by atoms with Crippen molar-refractivity contribution in [3.63, 3.8) is 0 Å². The van der Waals surface area contributed by atoms with E-state index in [9.17, 15) is 0 Å². The highest BCUT2D eigenvalue weighted by atomic mass is 16.5. The van der Waals surface area contributed by atoms with Gasteiger partial charge in [-0.25, -0.2) is 0 Å². The van der Waals surface area contributed by atoms with Crippen molar-refractivity contribution in [2.75, 3.05) is 6.54 Å². The van der Waals surface area contributed by atoms with Gasteiger partial charge in [-0.3, -0.25) is 4.90 Å². The van der Waals surface area contributed by atoms with Crippen molar-refractivity contribution in [3.05, 3.63) is 65.7 Å². The smallest absolute Gasteiger partial charge is 0.126 e. The highest BCUT2D eigenvalue weighted by Crippen LogP contribution is 2.52. The molecule has 2 aromatic rings. The molecule has 0 radical (unpaired) electrons. The predicted molar refractivity (Wildman–Crippen MR) is 126 cm³/mol. The molecule has 2 aromatic carbocycles. The zero-order chi connectivity index (χ0) is 22.1. The second-order valence-corrected chi connectivity index (χ2v) is 9.94. The lowest BCUT2D eigenvalue weighted by atomic mass is 9.73. The largest absolute Gasteiger partial charge is 0.487 e. The van der Waals surface area contributed by atoms with E-state index in [1.807, 2.05) is 6.07 Å². The molecule has 0 aromatic heterocycles. The van der Waals surface area contributed by atoms with Gasteiger partial charge in [0.05, 0.1) is 12.6 Å². The molecule has 2 aliphatic heterocycles. The van der Waals surface area contributed by atoms with Crippen molar-refractivity contribution in [1.29, 1.82) is 0 Å². The second kappa shape index (κ2) is 8.69. The van der Waals surface area contributed by atoms with E-state index in [0.717, 1.165) is 37.2 Å². The van der Waals surface area contributed by atoms with E-state index in [0.29, 0.717) is 12.0 Å². The molecular weight excluding hydrogens is 382 g/mol. The topological polar surface area (TPSA) is 21.7 Å². The highest BCUT2D eigenvalue weighted by molar-refractivity contribution is 5.39. The molecule has 2 heterocycles. The summed E-state index contributed by atoms with van der Waals surface area (Å²) in [7, 11) is 0. The molecule has 3 nitrogen and oxygen atoms in total. The minimum absolute atomic E-state index is 0.0264. The van der Waals surface area contributed by atoms with Crippen LogP contribution in [-0.4, -0.2) is 28.7 Å². The van der Waals surface area contributed by atoms with E-state index in [2.05, 4.69) is 99.9 Å². The molecule has 0 spiro atoms. The van der Waals surface area contributed by atoms with Crippen molar-refractivity contribution in [2.24, 2.45) is 5.92 Å². The molecule has 3 heteroatoms. The maximum atomic E-state index is 6.73. The molecule has 0 N–H and O–H groups in total. The molecule has 0 bridgehead atoms. The van der Waals surface area contributed by atoms with Gasteiger partial charge in [0.25, 0.3) is 0 Å². The zero-order valence-electron chi connectivity index (χ0n) is 19.5. The Morgan fingerprint density at radius 1 is 1.03 bits per heavy atom. The quantitative estimate of drug-likeness (QED) is 0.570. The minimum atomic E-state index is -0.433. The van der Waals surface area contributed by atoms with E-state index in [4.69, 9.17) is 9.47 Å². The first kappa shape index (κ1) is 21.9. The molecule has 0 amide bonds. The van der Waals surface area contributed by atoms with Gasteiger partial charge in [0.15, 0.2) is 0 Å². The van der Waals surface area contributed by atoms with Crippen molar-refractivity contribution in [2.45, 2.75) is 77.4 Å². The van der Waals surface area contributed by atoms with Gasteiger partial charge in [0.1, 0.15) is 17.0 Å². The standard InChI is InChI=1S/C28H35NO2/c1-21(2)29(20-22-12-7-6-8-13-22)19-11-17-28(5)18-16-24-26(31-28)23-14-9-10-15-25(23)30-27(24,3)4/h6-10,12-15,21,24,26H,16,18-20H2,1-5H3/t24-,26-,28-/m1/s1. The fraction of sp³-hybridized carbons (Fsp3) is 0.500. The van der Waals surface area contributed by atoms with Crippen LogP contribution in [0.2, 0.25) is 0 Å². The van der Waals surface area contributed by atoms with Crippen LogP contribution in [0.15, 0.2) is 54.6 Å². The Morgan fingerprint density at radius 2 is 1.74 bits per heavy atom. The fourth-order valence-corrected chi connectivity index (χ4v) is 4.82. The van der Waals surface area contributed by atoms with Crippen molar-refractivity contribution in [1.82, 2.24) is 4.90 Å². The molecule has 0 unspecified atom stereocenters. The summed E-state index contributed by atoms with van der Waals surface area (Å²) in [5.74, 6) is 8.24. The summed E-state index contributed by atoms with van der Waals surface area (Å²) in [6.07, 6.45) is 2.00. The molecule has 2 aliphatic rings. The predicted octanol–water partition coefficient (Wildman–Crippen LogP) is 6.00. The molecule has 164 valence electrons. The van der Waals surface area contributed by atoms with E-state index >= 15 is 0 Å². The van der Waals surface area contributed by atoms with Crippen LogP contribution in [-0.2, 0) is 11.3 Å². The van der Waals surface area contributed by atoms with Crippen LogP contribution in [0.5, 0.6) is 5.75 Å². The number of benzene rings is 2. The van der Waals surface area contributed by atoms with Gasteiger partial charge in [-0.1, -0.05) is 60.4 Å². The van der Waals surface area contributed by atoms with Crippen LogP contribution in [0.4, 0.5) is 0 Å². The van der Waals surface area contributed by atoms with Crippen LogP contribution in [0, 0.1) is 17.8 Å². The van der Waals surface area contributed by atoms with Gasteiger partial charge < -0.3 is 9.47 Å². The second-order valence-electron chi connectivity index (χ2n) is 9.94. The highest BCUT2D eigenvalue weighted by Gasteiger charge is 2.49. The summed E-state index contributed by atoms with van der Waals surface area (Å²) in [4.78, 5) is 2.41. The van der Waals surface area contributed by atoms with Crippen molar-refractivity contribution < 1.29 is 9.47 Å². The molecule has 3 atom stereocenters. The maximum absolute atomic E-state index is 6.73. The Kier molecular flexibility index (Phi) is 6.15. The Balaban J connectivity index is 1.50. The first-order valence-corrected chi connectivity index (χ1v) is 11.5. The normalized spacial score (nSPS) is 26.4. The average Bonchev–Trinajstić information content (AvgIpc) is 2.73. The molecule has 1 saturated heterocycles. The first-order chi connectivity index (χ1) is 14.8. The molecule has 0 aliphatic carbocycles. The number of fused-ring (bicyclic) bond motifs is 3. The van der Waals surface area contributed by atoms with Crippen LogP contribution in [0.25, 0.3) is 0 Å². The summed E-state index contributed by atoms with van der Waals surface area (Å²) in [6, 6.07) is 19.3. The number of nitrogens with zero attached hydrogens (tertiary/aromatic N) is 1. The minimum Gasteiger partial charge on any atom is -0.487 e. The number of ether oxygens (including phenoxy) is 2. The summed E-state index contributed by atoms with van der Waals surface area (Å²) >= 11 is 0. The monoisotopic (exact) mass is 417 g/mol. The van der Waals surface area contributed by atoms with E-state index < -0.39 is 5.60 Å². The third-order valence-corrected chi connectivity index (χ3v) is 6.77. The number of rotatable bonds is 4. The van der Waals surface area contributed by atoms with Crippen LogP contribution in [0.3, 0.4) is 0 Å². The molecule has 31 heavy (non-hydrogen) atoms. The molecule has 0 saturated carbocycles. The number of hydrogen-bond donors (Lipinski definition) is 0. The number of para-hydroxylation sites is 1. The summed E-state index contributed by atoms with van der Waals surface area (Å²) in [5.41, 5.74) is 1.81. The van der Waals surface area contributed by atoms with Crippen molar-refractivity contribution in [3.8, 4) is 17.6 Å². The van der Waals surface area contributed by atoms with Gasteiger partial charge in [-0.15, -0.1) is 0 Å². The third kappa shape index (κ3) is 4.81. The fourth-order valence-electron chi connectivity index (χ4n) is 4.82. The lowest BCUT2D eigenvalue weighted by Crippen LogP contribution is -2.50. The lowest BCUT2D eigenvalue weighted by Gasteiger charge is -2.50. The number of hydrogen-bond acceptors (Lipinski definition) is 3. The SMILES string of the molecule is CC(C)N(CC#C[C@]1(C)CC[C@@H]2[C@H](O1)c1ccccc1OC2(C)C)Cc1ccccc1. The van der Waals surface area contributed by atoms with Gasteiger partial charge >= 0.3 is 0 Å². The molecular formula is C28H35NO2. The Morgan fingerprint density at radius 3 is 2.48 bits per heavy atom. The summed E-state index contributed by atoms with van der Waals surface area (Å²) in [5, 5.41) is 0. The summed E-state index contributed by atoms with van der Waals surface area (Å²) in [6.45, 7) is 12.6. The lowest BCUT2D eigenvalue weighted by molar-refractivity contribution is -0.169. The van der Waals surface area contributed by atoms with E-state index in [1.54, 1.807) is 0 Å². The van der Waals surface area contributed by atoms with Gasteiger partial charge in [-0.05, 0) is 59.1 Å². The van der Waals surface area contributed by atoms with E-state index in [-0.39, 0.29) is 11.7 Å². The van der Waals surface area contributed by atoms with Crippen molar-refractivity contribution >= 4 is 0 Å². The van der Waals surface area contributed by atoms with E-state index in [1.165, 1.54) is 5.56 Å².